The molecule has 8 heteroatoms. The van der Waals surface area contributed by atoms with Crippen molar-refractivity contribution in [2.24, 2.45) is 4.99 Å². The second-order valence-corrected chi connectivity index (χ2v) is 10.0. The maximum absolute atomic E-state index is 13.4. The number of thioether (sulfide) groups is 1. The number of benzene rings is 3. The lowest BCUT2D eigenvalue weighted by Gasteiger charge is -2.13. The van der Waals surface area contributed by atoms with Gasteiger partial charge in [0.05, 0.1) is 23.4 Å². The number of aliphatic imine (C=N–C) groups is 1. The van der Waals surface area contributed by atoms with E-state index in [0.29, 0.717) is 21.6 Å². The Hall–Kier alpha value is -4.56. The second-order valence-electron chi connectivity index (χ2n) is 9.02. The Morgan fingerprint density at radius 3 is 2.62 bits per heavy atom. The lowest BCUT2D eigenvalue weighted by Crippen LogP contribution is -2.28. The van der Waals surface area contributed by atoms with Crippen LogP contribution in [-0.4, -0.2) is 28.5 Å². The lowest BCUT2D eigenvalue weighted by molar-refractivity contribution is -0.122. The van der Waals surface area contributed by atoms with E-state index < -0.39 is 0 Å². The molecule has 1 N–H and O–H groups in total. The SMILES string of the molecule is Cc1ccc(NC(=O)COc2cccc(/C=C3\SC(=Nc4ccccc4)N(Cc4ccco4)C3=O)c2)cc1C. The molecule has 196 valence electrons. The van der Waals surface area contributed by atoms with Gasteiger partial charge < -0.3 is 14.5 Å². The molecule has 0 aliphatic carbocycles. The van der Waals surface area contributed by atoms with Crippen molar-refractivity contribution in [1.29, 1.82) is 0 Å². The van der Waals surface area contributed by atoms with Crippen LogP contribution in [0.25, 0.3) is 6.08 Å². The van der Waals surface area contributed by atoms with E-state index in [2.05, 4.69) is 5.32 Å². The highest BCUT2D eigenvalue weighted by atomic mass is 32.2. The van der Waals surface area contributed by atoms with Crippen LogP contribution in [0.1, 0.15) is 22.5 Å². The van der Waals surface area contributed by atoms with E-state index in [4.69, 9.17) is 14.1 Å². The zero-order valence-electron chi connectivity index (χ0n) is 21.6. The number of furan rings is 1. The Labute approximate surface area is 231 Å². The standard InChI is InChI=1S/C31H27N3O4S/c1-21-13-14-25(16-22(21)2)32-29(35)20-38-26-11-6-8-23(17-26)18-28-30(36)34(19-27-12-7-15-37-27)31(39-28)33-24-9-4-3-5-10-24/h3-18H,19-20H2,1-2H3,(H,32,35)/b28-18-,33-31?. The summed E-state index contributed by atoms with van der Waals surface area (Å²) in [4.78, 5) is 32.7. The van der Waals surface area contributed by atoms with Gasteiger partial charge in [0, 0.05) is 5.69 Å². The molecule has 0 bridgehead atoms. The second kappa shape index (κ2) is 11.9. The number of amides is 2. The number of nitrogens with zero attached hydrogens (tertiary/aromatic N) is 2. The molecule has 1 aliphatic heterocycles. The van der Waals surface area contributed by atoms with Gasteiger partial charge in [-0.3, -0.25) is 14.5 Å². The molecule has 2 heterocycles. The number of aryl methyl sites for hydroxylation is 2. The number of carbonyl (C=O) groups excluding carboxylic acids is 2. The minimum absolute atomic E-state index is 0.133. The Kier molecular flexibility index (Phi) is 7.94. The van der Waals surface area contributed by atoms with Gasteiger partial charge in [-0.05, 0) is 96.9 Å². The van der Waals surface area contributed by atoms with Gasteiger partial charge in [0.25, 0.3) is 11.8 Å². The van der Waals surface area contributed by atoms with Gasteiger partial charge in [0.15, 0.2) is 11.8 Å². The van der Waals surface area contributed by atoms with E-state index in [0.717, 1.165) is 28.1 Å². The molecule has 4 aromatic rings. The third-order valence-electron chi connectivity index (χ3n) is 6.08. The van der Waals surface area contributed by atoms with E-state index in [1.807, 2.05) is 80.6 Å². The number of hydrogen-bond donors (Lipinski definition) is 1. The van der Waals surface area contributed by atoms with Crippen LogP contribution in [0.15, 0.2) is 106 Å². The molecule has 0 saturated carbocycles. The molecule has 3 aromatic carbocycles. The van der Waals surface area contributed by atoms with Crippen LogP contribution >= 0.6 is 11.8 Å². The maximum Gasteiger partial charge on any atom is 0.267 e. The molecule has 2 amide bonds. The number of para-hydroxylation sites is 1. The molecule has 1 aliphatic rings. The summed E-state index contributed by atoms with van der Waals surface area (Å²) >= 11 is 1.31. The average Bonchev–Trinajstić information content (AvgIpc) is 3.55. The van der Waals surface area contributed by atoms with Gasteiger partial charge >= 0.3 is 0 Å². The van der Waals surface area contributed by atoms with Crippen LogP contribution < -0.4 is 10.1 Å². The molecule has 0 unspecified atom stereocenters. The quantitative estimate of drug-likeness (QED) is 0.252. The first-order chi connectivity index (χ1) is 18.9. The monoisotopic (exact) mass is 537 g/mol. The summed E-state index contributed by atoms with van der Waals surface area (Å²) in [7, 11) is 0. The Balaban J connectivity index is 1.30. The van der Waals surface area contributed by atoms with Crippen molar-refractivity contribution in [2.45, 2.75) is 20.4 Å². The van der Waals surface area contributed by atoms with Gasteiger partial charge in [-0.25, -0.2) is 4.99 Å². The summed E-state index contributed by atoms with van der Waals surface area (Å²) in [5.41, 5.74) is 4.53. The molecular weight excluding hydrogens is 510 g/mol. The Bertz CT molecular complexity index is 1550. The van der Waals surface area contributed by atoms with Gasteiger partial charge in [-0.2, -0.15) is 0 Å². The number of amidine groups is 1. The van der Waals surface area contributed by atoms with Crippen LogP contribution in [0.3, 0.4) is 0 Å². The first kappa shape index (κ1) is 26.1. The van der Waals surface area contributed by atoms with E-state index in [-0.39, 0.29) is 25.0 Å². The van der Waals surface area contributed by atoms with Crippen molar-refractivity contribution in [3.63, 3.8) is 0 Å². The predicted molar refractivity (Wildman–Crippen MR) is 155 cm³/mol. The van der Waals surface area contributed by atoms with E-state index >= 15 is 0 Å². The normalized spacial score (nSPS) is 15.2. The fraction of sp³-hybridized carbons (Fsp3) is 0.129. The smallest absolute Gasteiger partial charge is 0.267 e. The zero-order chi connectivity index (χ0) is 27.2. The number of nitrogens with one attached hydrogen (secondary N) is 1. The molecule has 1 fully saturated rings. The first-order valence-electron chi connectivity index (χ1n) is 12.4. The third-order valence-corrected chi connectivity index (χ3v) is 7.09. The van der Waals surface area contributed by atoms with Gasteiger partial charge in [-0.1, -0.05) is 36.4 Å². The average molecular weight is 538 g/mol. The summed E-state index contributed by atoms with van der Waals surface area (Å²) in [6.07, 6.45) is 3.39. The fourth-order valence-electron chi connectivity index (χ4n) is 3.91. The summed E-state index contributed by atoms with van der Waals surface area (Å²) < 4.78 is 11.2. The summed E-state index contributed by atoms with van der Waals surface area (Å²) in [6.45, 7) is 4.17. The van der Waals surface area contributed by atoms with Crippen molar-refractivity contribution in [2.75, 3.05) is 11.9 Å². The van der Waals surface area contributed by atoms with Crippen LogP contribution in [0.2, 0.25) is 0 Å². The van der Waals surface area contributed by atoms with Gasteiger partial charge in [0.2, 0.25) is 0 Å². The van der Waals surface area contributed by atoms with Crippen LogP contribution in [-0.2, 0) is 16.1 Å². The first-order valence-corrected chi connectivity index (χ1v) is 13.2. The van der Waals surface area contributed by atoms with E-state index in [1.165, 1.54) is 11.8 Å². The molecule has 7 nitrogen and oxygen atoms in total. The van der Waals surface area contributed by atoms with Crippen LogP contribution in [0.5, 0.6) is 5.75 Å². The van der Waals surface area contributed by atoms with Gasteiger partial charge in [0.1, 0.15) is 11.5 Å². The fourth-order valence-corrected chi connectivity index (χ4v) is 4.91. The van der Waals surface area contributed by atoms with E-state index in [1.54, 1.807) is 35.4 Å². The summed E-state index contributed by atoms with van der Waals surface area (Å²) in [5, 5.41) is 3.43. The number of anilines is 1. The van der Waals surface area contributed by atoms with Crippen molar-refractivity contribution < 1.29 is 18.7 Å². The molecule has 0 radical (unpaired) electrons. The summed E-state index contributed by atoms with van der Waals surface area (Å²) in [6, 6.07) is 26.2. The van der Waals surface area contributed by atoms with Crippen LogP contribution in [0, 0.1) is 13.8 Å². The summed E-state index contributed by atoms with van der Waals surface area (Å²) in [5.74, 6) is 0.783. The Morgan fingerprint density at radius 1 is 1.00 bits per heavy atom. The molecule has 1 saturated heterocycles. The topological polar surface area (TPSA) is 84.1 Å². The molecule has 1 aromatic heterocycles. The molecule has 39 heavy (non-hydrogen) atoms. The largest absolute Gasteiger partial charge is 0.484 e. The number of carbonyl (C=O) groups is 2. The molecule has 0 spiro atoms. The zero-order valence-corrected chi connectivity index (χ0v) is 22.4. The predicted octanol–water partition coefficient (Wildman–Crippen LogP) is 6.72. The van der Waals surface area contributed by atoms with Crippen molar-refractivity contribution in [3.05, 3.63) is 119 Å². The number of hydrogen-bond acceptors (Lipinski definition) is 6. The minimum Gasteiger partial charge on any atom is -0.484 e. The molecule has 0 atom stereocenters. The van der Waals surface area contributed by atoms with Crippen molar-refractivity contribution >= 4 is 46.2 Å². The highest BCUT2D eigenvalue weighted by molar-refractivity contribution is 8.18. The highest BCUT2D eigenvalue weighted by Crippen LogP contribution is 2.35. The molecular formula is C31H27N3O4S. The van der Waals surface area contributed by atoms with Crippen molar-refractivity contribution in [1.82, 2.24) is 4.90 Å². The van der Waals surface area contributed by atoms with Crippen molar-refractivity contribution in [3.8, 4) is 5.75 Å². The van der Waals surface area contributed by atoms with Gasteiger partial charge in [-0.15, -0.1) is 0 Å². The molecule has 5 rings (SSSR count). The maximum atomic E-state index is 13.4. The highest BCUT2D eigenvalue weighted by Gasteiger charge is 2.34. The number of ether oxygens (including phenoxy) is 1. The lowest BCUT2D eigenvalue weighted by atomic mass is 10.1. The Morgan fingerprint density at radius 2 is 1.85 bits per heavy atom. The number of rotatable bonds is 8. The minimum atomic E-state index is -0.251. The van der Waals surface area contributed by atoms with Crippen LogP contribution in [0.4, 0.5) is 11.4 Å². The van der Waals surface area contributed by atoms with E-state index in [9.17, 15) is 9.59 Å². The third kappa shape index (κ3) is 6.66.